The largest absolute Gasteiger partial charge is 0.478 e. The van der Waals surface area contributed by atoms with Gasteiger partial charge in [0.15, 0.2) is 5.15 Å². The molecule has 0 fully saturated rings. The van der Waals surface area contributed by atoms with Crippen LogP contribution >= 0.6 is 11.6 Å². The first-order valence-electron chi connectivity index (χ1n) is 9.82. The van der Waals surface area contributed by atoms with Crippen molar-refractivity contribution in [1.82, 2.24) is 9.55 Å². The summed E-state index contributed by atoms with van der Waals surface area (Å²) >= 11 is 6.48. The van der Waals surface area contributed by atoms with Crippen LogP contribution in [0.3, 0.4) is 0 Å². The number of nitrogens with zero attached hydrogens (tertiary/aromatic N) is 3. The van der Waals surface area contributed by atoms with E-state index in [0.717, 1.165) is 42.0 Å². The van der Waals surface area contributed by atoms with Gasteiger partial charge < -0.3 is 15.0 Å². The van der Waals surface area contributed by atoms with Gasteiger partial charge in [0.05, 0.1) is 29.4 Å². The molecule has 0 aliphatic heterocycles. The number of imidazole rings is 1. The maximum Gasteiger partial charge on any atom is 0.335 e. The highest BCUT2D eigenvalue weighted by Crippen LogP contribution is 2.22. The van der Waals surface area contributed by atoms with E-state index in [9.17, 15) is 4.79 Å². The minimum Gasteiger partial charge on any atom is -0.478 e. The number of unbranched alkanes of at least 4 members (excludes halogenated alkanes) is 1. The van der Waals surface area contributed by atoms with Crippen LogP contribution in [-0.4, -0.2) is 20.6 Å². The Hall–Kier alpha value is -3.30. The molecule has 0 aliphatic carbocycles. The number of benzene rings is 2. The monoisotopic (exact) mass is 422 g/mol. The summed E-state index contributed by atoms with van der Waals surface area (Å²) in [5.41, 5.74) is 3.60. The van der Waals surface area contributed by atoms with Crippen molar-refractivity contribution in [3.8, 4) is 6.07 Å². The van der Waals surface area contributed by atoms with E-state index in [4.69, 9.17) is 22.0 Å². The second kappa shape index (κ2) is 9.95. The molecule has 0 bridgehead atoms. The predicted molar refractivity (Wildman–Crippen MR) is 117 cm³/mol. The zero-order valence-electron chi connectivity index (χ0n) is 16.7. The maximum absolute atomic E-state index is 11.1. The number of anilines is 1. The van der Waals surface area contributed by atoms with Crippen molar-refractivity contribution in [2.75, 3.05) is 5.32 Å². The lowest BCUT2D eigenvalue weighted by molar-refractivity contribution is 0.0697. The predicted octanol–water partition coefficient (Wildman–Crippen LogP) is 5.11. The fraction of sp³-hybridized carbons (Fsp3) is 0.261. The summed E-state index contributed by atoms with van der Waals surface area (Å²) in [5.74, 6) is -0.0241. The molecule has 3 rings (SSSR count). The summed E-state index contributed by atoms with van der Waals surface area (Å²) in [6.07, 6.45) is 2.88. The molecule has 0 unspecified atom stereocenters. The highest BCUT2D eigenvalue weighted by atomic mass is 35.5. The quantitative estimate of drug-likeness (QED) is 0.500. The Morgan fingerprint density at radius 3 is 2.50 bits per heavy atom. The lowest BCUT2D eigenvalue weighted by Gasteiger charge is -2.14. The minimum absolute atomic E-state index is 0.260. The Morgan fingerprint density at radius 2 is 1.90 bits per heavy atom. The van der Waals surface area contributed by atoms with E-state index in [-0.39, 0.29) is 5.56 Å². The molecule has 154 valence electrons. The van der Waals surface area contributed by atoms with Gasteiger partial charge in [0.25, 0.3) is 0 Å². The van der Waals surface area contributed by atoms with Gasteiger partial charge in [-0.25, -0.2) is 9.78 Å². The second-order valence-corrected chi connectivity index (χ2v) is 7.36. The Kier molecular flexibility index (Phi) is 7.10. The third-order valence-electron chi connectivity index (χ3n) is 4.87. The van der Waals surface area contributed by atoms with E-state index in [1.165, 1.54) is 0 Å². The SMILES string of the molecule is CCCCc1nc(Cl)c(CNc2ccc(C#N)cc2)n1Cc1ccc(C(=O)O)cc1. The van der Waals surface area contributed by atoms with Crippen LogP contribution in [0.15, 0.2) is 48.5 Å². The zero-order chi connectivity index (χ0) is 21.5. The van der Waals surface area contributed by atoms with Crippen LogP contribution < -0.4 is 5.32 Å². The van der Waals surface area contributed by atoms with Crippen LogP contribution in [0.1, 0.15) is 52.8 Å². The molecule has 0 aliphatic rings. The number of nitriles is 1. The Labute approximate surface area is 180 Å². The first-order valence-corrected chi connectivity index (χ1v) is 10.2. The van der Waals surface area contributed by atoms with Gasteiger partial charge in [0.2, 0.25) is 0 Å². The number of halogens is 1. The molecule has 0 saturated carbocycles. The van der Waals surface area contributed by atoms with Crippen LogP contribution in [0, 0.1) is 11.3 Å². The second-order valence-electron chi connectivity index (χ2n) is 7.00. The van der Waals surface area contributed by atoms with E-state index in [1.807, 2.05) is 24.3 Å². The summed E-state index contributed by atoms with van der Waals surface area (Å²) in [6, 6.07) is 16.2. The smallest absolute Gasteiger partial charge is 0.335 e. The molecule has 1 heterocycles. The van der Waals surface area contributed by atoms with Crippen LogP contribution in [0.4, 0.5) is 5.69 Å². The van der Waals surface area contributed by atoms with Gasteiger partial charge in [-0.15, -0.1) is 0 Å². The van der Waals surface area contributed by atoms with Crippen molar-refractivity contribution in [2.24, 2.45) is 0 Å². The number of carboxylic acids is 1. The van der Waals surface area contributed by atoms with E-state index in [1.54, 1.807) is 24.3 Å². The van der Waals surface area contributed by atoms with Gasteiger partial charge in [-0.05, 0) is 48.4 Å². The van der Waals surface area contributed by atoms with Crippen molar-refractivity contribution in [2.45, 2.75) is 39.3 Å². The number of aromatic nitrogens is 2. The zero-order valence-corrected chi connectivity index (χ0v) is 17.5. The number of nitrogens with one attached hydrogen (secondary N) is 1. The number of aryl methyl sites for hydroxylation is 1. The van der Waals surface area contributed by atoms with E-state index >= 15 is 0 Å². The van der Waals surface area contributed by atoms with Gasteiger partial charge in [-0.2, -0.15) is 5.26 Å². The van der Waals surface area contributed by atoms with Gasteiger partial charge in [-0.1, -0.05) is 37.1 Å². The summed E-state index contributed by atoms with van der Waals surface area (Å²) in [7, 11) is 0. The number of rotatable bonds is 9. The highest BCUT2D eigenvalue weighted by molar-refractivity contribution is 6.30. The first-order chi connectivity index (χ1) is 14.5. The maximum atomic E-state index is 11.1. The molecule has 0 atom stereocenters. The molecule has 0 amide bonds. The molecule has 6 nitrogen and oxygen atoms in total. The number of aromatic carboxylic acids is 1. The summed E-state index contributed by atoms with van der Waals surface area (Å²) < 4.78 is 2.10. The van der Waals surface area contributed by atoms with Crippen LogP contribution in [-0.2, 0) is 19.5 Å². The van der Waals surface area contributed by atoms with Crippen LogP contribution in [0.5, 0.6) is 0 Å². The summed E-state index contributed by atoms with van der Waals surface area (Å²) in [5, 5.41) is 21.8. The molecule has 0 saturated heterocycles. The van der Waals surface area contributed by atoms with Gasteiger partial charge >= 0.3 is 5.97 Å². The molecule has 0 spiro atoms. The minimum atomic E-state index is -0.942. The van der Waals surface area contributed by atoms with Gasteiger partial charge in [-0.3, -0.25) is 0 Å². The fourth-order valence-electron chi connectivity index (χ4n) is 3.17. The highest BCUT2D eigenvalue weighted by Gasteiger charge is 2.16. The molecule has 3 aromatic rings. The average Bonchev–Trinajstić information content (AvgIpc) is 3.05. The van der Waals surface area contributed by atoms with E-state index < -0.39 is 5.97 Å². The average molecular weight is 423 g/mol. The molecular weight excluding hydrogens is 400 g/mol. The fourth-order valence-corrected chi connectivity index (χ4v) is 3.44. The Morgan fingerprint density at radius 1 is 1.20 bits per heavy atom. The van der Waals surface area contributed by atoms with Gasteiger partial charge in [0, 0.05) is 18.7 Å². The summed E-state index contributed by atoms with van der Waals surface area (Å²) in [6.45, 7) is 3.17. The van der Waals surface area contributed by atoms with Crippen LogP contribution in [0.25, 0.3) is 0 Å². The van der Waals surface area contributed by atoms with Gasteiger partial charge in [0.1, 0.15) is 5.82 Å². The van der Waals surface area contributed by atoms with Crippen molar-refractivity contribution in [3.05, 3.63) is 81.9 Å². The molecule has 7 heteroatoms. The third kappa shape index (κ3) is 5.19. The number of hydrogen-bond acceptors (Lipinski definition) is 4. The van der Waals surface area contributed by atoms with Crippen molar-refractivity contribution in [3.63, 3.8) is 0 Å². The molecule has 2 aromatic carbocycles. The number of hydrogen-bond donors (Lipinski definition) is 2. The van der Waals surface area contributed by atoms with Crippen LogP contribution in [0.2, 0.25) is 5.15 Å². The topological polar surface area (TPSA) is 90.9 Å². The third-order valence-corrected chi connectivity index (χ3v) is 5.17. The normalized spacial score (nSPS) is 10.6. The molecule has 1 aromatic heterocycles. The Balaban J connectivity index is 1.84. The van der Waals surface area contributed by atoms with E-state index in [0.29, 0.717) is 23.8 Å². The number of carbonyl (C=O) groups is 1. The Bertz CT molecular complexity index is 1050. The first kappa shape index (κ1) is 21.4. The summed E-state index contributed by atoms with van der Waals surface area (Å²) in [4.78, 5) is 15.7. The van der Waals surface area contributed by atoms with Crippen molar-refractivity contribution < 1.29 is 9.90 Å². The van der Waals surface area contributed by atoms with Crippen molar-refractivity contribution >= 4 is 23.3 Å². The van der Waals surface area contributed by atoms with E-state index in [2.05, 4.69) is 27.9 Å². The van der Waals surface area contributed by atoms with Crippen molar-refractivity contribution in [1.29, 1.82) is 5.26 Å². The molecule has 30 heavy (non-hydrogen) atoms. The lowest BCUT2D eigenvalue weighted by atomic mass is 10.1. The molecular formula is C23H23ClN4O2. The molecule has 0 radical (unpaired) electrons. The standard InChI is InChI=1S/C23H23ClN4O2/c1-2-3-4-21-27-22(24)20(14-26-19-11-7-16(13-25)8-12-19)28(21)15-17-5-9-18(10-6-17)23(29)30/h5-12,26H,2-4,14-15H2,1H3,(H,29,30). The number of carboxylic acid groups (broad SMARTS) is 1. The molecule has 2 N–H and O–H groups in total. The lowest BCUT2D eigenvalue weighted by Crippen LogP contribution is -2.12.